The van der Waals surface area contributed by atoms with E-state index in [0.717, 1.165) is 0 Å². The number of aromatic nitrogens is 2. The summed E-state index contributed by atoms with van der Waals surface area (Å²) in [6, 6.07) is 4.10. The van der Waals surface area contributed by atoms with Gasteiger partial charge in [0.25, 0.3) is 0 Å². The van der Waals surface area contributed by atoms with Crippen molar-refractivity contribution in [3.63, 3.8) is 0 Å². The number of aromatic amines is 1. The van der Waals surface area contributed by atoms with Crippen LogP contribution < -0.4 is 11.1 Å². The van der Waals surface area contributed by atoms with Crippen LogP contribution in [0.25, 0.3) is 11.0 Å². The lowest BCUT2D eigenvalue weighted by Crippen LogP contribution is -2.39. The van der Waals surface area contributed by atoms with Crippen LogP contribution in [0.3, 0.4) is 0 Å². The highest BCUT2D eigenvalue weighted by Crippen LogP contribution is 2.17. The van der Waals surface area contributed by atoms with Gasteiger partial charge in [-0.05, 0) is 19.1 Å². The Balaban J connectivity index is 2.89. The molecular weight excluding hydrogens is 264 g/mol. The first-order valence-corrected chi connectivity index (χ1v) is 5.97. The summed E-state index contributed by atoms with van der Waals surface area (Å²) in [5, 5.41) is 9.14. The van der Waals surface area contributed by atoms with Gasteiger partial charge in [0.1, 0.15) is 0 Å². The van der Waals surface area contributed by atoms with Crippen LogP contribution in [0.2, 0.25) is 0 Å². The lowest BCUT2D eigenvalue weighted by Gasteiger charge is -2.17. The Morgan fingerprint density at radius 3 is 2.75 bits per heavy atom. The number of carboxylic acids is 1. The molecule has 0 aliphatic carbocycles. The molecule has 7 nitrogen and oxygen atoms in total. The lowest BCUT2D eigenvalue weighted by molar-refractivity contribution is 0.0698. The number of carboxylic acid groups (broad SMARTS) is 1. The molecule has 1 aromatic carbocycles. The standard InChI is InChI=1S/C13H14N2O5/c1-7(6-20-2)15-9-5-3-4-8(13(18)19)10(9)14-11(16)12(15)17/h3-5,7H,6H2,1-2H3,(H,14,16)(H,18,19). The van der Waals surface area contributed by atoms with Crippen LogP contribution in [-0.2, 0) is 4.74 Å². The molecule has 0 amide bonds. The summed E-state index contributed by atoms with van der Waals surface area (Å²) in [4.78, 5) is 37.2. The molecule has 20 heavy (non-hydrogen) atoms. The Hall–Kier alpha value is -2.41. The molecule has 0 fully saturated rings. The Bertz CT molecular complexity index is 774. The number of nitrogens with zero attached hydrogens (tertiary/aromatic N) is 1. The largest absolute Gasteiger partial charge is 0.478 e. The topological polar surface area (TPSA) is 101 Å². The average molecular weight is 278 g/mol. The third-order valence-electron chi connectivity index (χ3n) is 3.03. The zero-order valence-corrected chi connectivity index (χ0v) is 11.0. The van der Waals surface area contributed by atoms with Crippen molar-refractivity contribution in [3.05, 3.63) is 44.5 Å². The van der Waals surface area contributed by atoms with Crippen molar-refractivity contribution in [2.75, 3.05) is 13.7 Å². The molecule has 106 valence electrons. The van der Waals surface area contributed by atoms with Crippen LogP contribution in [0.15, 0.2) is 27.8 Å². The fraction of sp³-hybridized carbons (Fsp3) is 0.308. The van der Waals surface area contributed by atoms with Gasteiger partial charge >= 0.3 is 17.1 Å². The Morgan fingerprint density at radius 2 is 2.15 bits per heavy atom. The van der Waals surface area contributed by atoms with Gasteiger partial charge in [-0.3, -0.25) is 14.2 Å². The Morgan fingerprint density at radius 1 is 1.45 bits per heavy atom. The van der Waals surface area contributed by atoms with E-state index in [9.17, 15) is 14.4 Å². The van der Waals surface area contributed by atoms with Crippen LogP contribution in [0.4, 0.5) is 0 Å². The Kier molecular flexibility index (Phi) is 3.71. The van der Waals surface area contributed by atoms with Crippen molar-refractivity contribution in [3.8, 4) is 0 Å². The second-order valence-electron chi connectivity index (χ2n) is 4.44. The second-order valence-corrected chi connectivity index (χ2v) is 4.44. The van der Waals surface area contributed by atoms with E-state index in [-0.39, 0.29) is 23.7 Å². The number of H-pyrrole nitrogens is 1. The number of para-hydroxylation sites is 1. The minimum atomic E-state index is -1.17. The molecule has 1 atom stereocenters. The van der Waals surface area contributed by atoms with Crippen molar-refractivity contribution in [1.29, 1.82) is 0 Å². The van der Waals surface area contributed by atoms with Gasteiger partial charge in [0.05, 0.1) is 29.2 Å². The van der Waals surface area contributed by atoms with E-state index in [0.29, 0.717) is 5.52 Å². The van der Waals surface area contributed by atoms with E-state index in [1.165, 1.54) is 23.8 Å². The maximum Gasteiger partial charge on any atom is 0.337 e. The van der Waals surface area contributed by atoms with Gasteiger partial charge in [0, 0.05) is 7.11 Å². The van der Waals surface area contributed by atoms with Crippen molar-refractivity contribution in [2.24, 2.45) is 0 Å². The number of fused-ring (bicyclic) bond motifs is 1. The van der Waals surface area contributed by atoms with Crippen LogP contribution >= 0.6 is 0 Å². The highest BCUT2D eigenvalue weighted by Gasteiger charge is 2.17. The fourth-order valence-corrected chi connectivity index (χ4v) is 2.19. The fourth-order valence-electron chi connectivity index (χ4n) is 2.19. The number of aromatic carboxylic acids is 1. The summed E-state index contributed by atoms with van der Waals surface area (Å²) < 4.78 is 6.25. The van der Waals surface area contributed by atoms with E-state index in [1.807, 2.05) is 0 Å². The van der Waals surface area contributed by atoms with Crippen LogP contribution in [-0.4, -0.2) is 34.3 Å². The van der Waals surface area contributed by atoms with E-state index >= 15 is 0 Å². The number of hydrogen-bond acceptors (Lipinski definition) is 4. The number of ether oxygens (including phenoxy) is 1. The van der Waals surface area contributed by atoms with E-state index < -0.39 is 17.1 Å². The number of methoxy groups -OCH3 is 1. The first kappa shape index (κ1) is 14.0. The highest BCUT2D eigenvalue weighted by atomic mass is 16.5. The molecular formula is C13H14N2O5. The minimum Gasteiger partial charge on any atom is -0.478 e. The molecule has 1 aromatic heterocycles. The van der Waals surface area contributed by atoms with E-state index in [4.69, 9.17) is 9.84 Å². The molecule has 2 aromatic rings. The molecule has 2 N–H and O–H groups in total. The molecule has 0 saturated heterocycles. The normalized spacial score (nSPS) is 12.5. The van der Waals surface area contributed by atoms with Gasteiger partial charge in [-0.1, -0.05) is 6.07 Å². The number of rotatable bonds is 4. The van der Waals surface area contributed by atoms with Crippen molar-refractivity contribution < 1.29 is 14.6 Å². The summed E-state index contributed by atoms with van der Waals surface area (Å²) in [6.45, 7) is 1.95. The third-order valence-corrected chi connectivity index (χ3v) is 3.03. The van der Waals surface area contributed by atoms with Gasteiger partial charge in [-0.25, -0.2) is 4.79 Å². The zero-order valence-electron chi connectivity index (χ0n) is 11.0. The smallest absolute Gasteiger partial charge is 0.337 e. The van der Waals surface area contributed by atoms with Crippen molar-refractivity contribution >= 4 is 17.0 Å². The molecule has 0 aliphatic heterocycles. The summed E-state index contributed by atoms with van der Waals surface area (Å²) in [6.07, 6.45) is 0. The number of nitrogens with one attached hydrogen (secondary N) is 1. The molecule has 0 aliphatic rings. The maximum absolute atomic E-state index is 12.0. The van der Waals surface area contributed by atoms with Gasteiger partial charge < -0.3 is 14.8 Å². The molecule has 2 rings (SSSR count). The molecule has 0 spiro atoms. The average Bonchev–Trinajstić information content (AvgIpc) is 2.39. The van der Waals surface area contributed by atoms with E-state index in [2.05, 4.69) is 4.98 Å². The summed E-state index contributed by atoms with van der Waals surface area (Å²) in [7, 11) is 1.49. The maximum atomic E-state index is 12.0. The molecule has 1 unspecified atom stereocenters. The molecule has 0 saturated carbocycles. The predicted octanol–water partition coefficient (Wildman–Crippen LogP) is 0.595. The summed E-state index contributed by atoms with van der Waals surface area (Å²) in [5.74, 6) is -1.17. The lowest BCUT2D eigenvalue weighted by atomic mass is 10.1. The van der Waals surface area contributed by atoms with Gasteiger partial charge in [-0.15, -0.1) is 0 Å². The first-order valence-electron chi connectivity index (χ1n) is 5.97. The molecule has 7 heteroatoms. The van der Waals surface area contributed by atoms with Crippen LogP contribution in [0, 0.1) is 0 Å². The van der Waals surface area contributed by atoms with Crippen molar-refractivity contribution in [1.82, 2.24) is 9.55 Å². The number of benzene rings is 1. The van der Waals surface area contributed by atoms with Crippen molar-refractivity contribution in [2.45, 2.75) is 13.0 Å². The SMILES string of the molecule is COCC(C)n1c(=O)c(=O)[nH]c2c(C(=O)O)cccc21. The van der Waals surface area contributed by atoms with E-state index in [1.54, 1.807) is 13.0 Å². The second kappa shape index (κ2) is 5.30. The Labute approximate surface area is 113 Å². The van der Waals surface area contributed by atoms with Gasteiger partial charge in [0.15, 0.2) is 0 Å². The number of hydrogen-bond donors (Lipinski definition) is 2. The van der Waals surface area contributed by atoms with Gasteiger partial charge in [0.2, 0.25) is 0 Å². The quantitative estimate of drug-likeness (QED) is 0.797. The predicted molar refractivity (Wildman–Crippen MR) is 72.4 cm³/mol. The van der Waals surface area contributed by atoms with Crippen LogP contribution in [0.5, 0.6) is 0 Å². The molecule has 0 bridgehead atoms. The molecule has 1 heterocycles. The zero-order chi connectivity index (χ0) is 14.9. The first-order chi connectivity index (χ1) is 9.47. The monoisotopic (exact) mass is 278 g/mol. The van der Waals surface area contributed by atoms with Crippen LogP contribution in [0.1, 0.15) is 23.3 Å². The third kappa shape index (κ3) is 2.23. The molecule has 0 radical (unpaired) electrons. The van der Waals surface area contributed by atoms with Gasteiger partial charge in [-0.2, -0.15) is 0 Å². The summed E-state index contributed by atoms with van der Waals surface area (Å²) in [5.41, 5.74) is -1.15. The summed E-state index contributed by atoms with van der Waals surface area (Å²) >= 11 is 0. The highest BCUT2D eigenvalue weighted by molar-refractivity contribution is 6.00. The number of carbonyl (C=O) groups is 1. The minimum absolute atomic E-state index is 0.0574.